The average molecular weight is 555 g/mol. The lowest BCUT2D eigenvalue weighted by molar-refractivity contribution is 0.414. The molecule has 38 heavy (non-hydrogen) atoms. The van der Waals surface area contributed by atoms with Gasteiger partial charge in [0.2, 0.25) is 0 Å². The van der Waals surface area contributed by atoms with Crippen LogP contribution < -0.4 is 19.1 Å². The minimum Gasteiger partial charge on any atom is -0.497 e. The summed E-state index contributed by atoms with van der Waals surface area (Å²) < 4.78 is 69.5. The maximum absolute atomic E-state index is 14.4. The molecule has 0 spiro atoms. The van der Waals surface area contributed by atoms with Crippen molar-refractivity contribution in [2.75, 3.05) is 11.8 Å². The summed E-state index contributed by atoms with van der Waals surface area (Å²) in [5.74, 6) is -1.13. The summed E-state index contributed by atoms with van der Waals surface area (Å²) in [5, 5.41) is 0. The summed E-state index contributed by atoms with van der Waals surface area (Å²) in [6.45, 7) is 0. The number of anilines is 1. The van der Waals surface area contributed by atoms with E-state index in [1.807, 2.05) is 0 Å². The quantitative estimate of drug-likeness (QED) is 0.261. The maximum Gasteiger partial charge on any atom is 0.307 e. The third-order valence-corrected chi connectivity index (χ3v) is 8.21. The number of hydrogen-bond donors (Lipinski definition) is 1. The molecular weight excluding hydrogens is 534 g/mol. The molecule has 0 atom stereocenters. The topological polar surface area (TPSA) is 86.6 Å². The molecule has 7 nitrogen and oxygen atoms in total. The summed E-state index contributed by atoms with van der Waals surface area (Å²) in [6, 6.07) is 18.6. The number of halogens is 2. The van der Waals surface area contributed by atoms with Gasteiger partial charge in [-0.3, -0.25) is 9.52 Å². The minimum absolute atomic E-state index is 0.0315. The van der Waals surface area contributed by atoms with E-state index in [2.05, 4.69) is 4.72 Å². The summed E-state index contributed by atoms with van der Waals surface area (Å²) in [5.41, 5.74) is 1.98. The van der Waals surface area contributed by atoms with Gasteiger partial charge in [-0.2, -0.15) is 0 Å². The Bertz CT molecular complexity index is 1830. The van der Waals surface area contributed by atoms with E-state index in [1.165, 1.54) is 54.1 Å². The smallest absolute Gasteiger partial charge is 0.307 e. The van der Waals surface area contributed by atoms with Gasteiger partial charge in [0.05, 0.1) is 22.2 Å². The van der Waals surface area contributed by atoms with E-state index in [4.69, 9.17) is 9.47 Å². The van der Waals surface area contributed by atoms with E-state index in [9.17, 15) is 22.0 Å². The third-order valence-electron chi connectivity index (χ3n) is 5.82. The van der Waals surface area contributed by atoms with Gasteiger partial charge in [0.25, 0.3) is 10.0 Å². The van der Waals surface area contributed by atoms with Crippen molar-refractivity contribution in [1.82, 2.24) is 4.57 Å². The van der Waals surface area contributed by atoms with E-state index in [-0.39, 0.29) is 27.0 Å². The van der Waals surface area contributed by atoms with Crippen LogP contribution in [0.1, 0.15) is 0 Å². The van der Waals surface area contributed by atoms with Gasteiger partial charge in [-0.25, -0.2) is 17.2 Å². The van der Waals surface area contributed by atoms with Crippen molar-refractivity contribution in [3.63, 3.8) is 0 Å². The third kappa shape index (κ3) is 4.98. The van der Waals surface area contributed by atoms with Crippen LogP contribution in [0, 0.1) is 11.6 Å². The monoisotopic (exact) mass is 554 g/mol. The van der Waals surface area contributed by atoms with E-state index in [1.54, 1.807) is 31.3 Å². The largest absolute Gasteiger partial charge is 0.497 e. The van der Waals surface area contributed by atoms with Crippen molar-refractivity contribution < 1.29 is 26.7 Å². The predicted molar refractivity (Wildman–Crippen MR) is 143 cm³/mol. The molecular formula is C27H20F2N2O5S2. The number of ether oxygens (including phenoxy) is 2. The molecule has 1 N–H and O–H groups in total. The van der Waals surface area contributed by atoms with Crippen molar-refractivity contribution in [3.05, 3.63) is 100 Å². The molecule has 5 rings (SSSR count). The van der Waals surface area contributed by atoms with Crippen LogP contribution in [0.5, 0.6) is 17.2 Å². The van der Waals surface area contributed by atoms with E-state index < -0.39 is 21.7 Å². The van der Waals surface area contributed by atoms with Gasteiger partial charge in [0, 0.05) is 24.4 Å². The predicted octanol–water partition coefficient (Wildman–Crippen LogP) is 6.15. The molecule has 1 aromatic heterocycles. The molecule has 0 saturated heterocycles. The Labute approximate surface area is 220 Å². The molecule has 11 heteroatoms. The van der Waals surface area contributed by atoms with Crippen LogP contribution >= 0.6 is 11.3 Å². The summed E-state index contributed by atoms with van der Waals surface area (Å²) in [7, 11) is -0.798. The first-order chi connectivity index (χ1) is 18.1. The lowest BCUT2D eigenvalue weighted by atomic mass is 10.0. The Hall–Kier alpha value is -4.22. The number of thiazole rings is 1. The fourth-order valence-electron chi connectivity index (χ4n) is 3.85. The summed E-state index contributed by atoms with van der Waals surface area (Å²) in [4.78, 5) is 12.0. The fourth-order valence-corrected chi connectivity index (χ4v) is 5.82. The lowest BCUT2D eigenvalue weighted by Crippen LogP contribution is -2.13. The van der Waals surface area contributed by atoms with E-state index >= 15 is 0 Å². The molecule has 0 saturated carbocycles. The highest BCUT2D eigenvalue weighted by atomic mass is 32.2. The van der Waals surface area contributed by atoms with Crippen LogP contribution in [0.4, 0.5) is 14.5 Å². The first-order valence-corrected chi connectivity index (χ1v) is 13.5. The van der Waals surface area contributed by atoms with Gasteiger partial charge in [0.15, 0.2) is 11.6 Å². The molecule has 4 aromatic carbocycles. The van der Waals surface area contributed by atoms with Crippen molar-refractivity contribution in [1.29, 1.82) is 0 Å². The number of hydrogen-bond acceptors (Lipinski definition) is 6. The lowest BCUT2D eigenvalue weighted by Gasteiger charge is -2.15. The van der Waals surface area contributed by atoms with Crippen LogP contribution in [0.3, 0.4) is 0 Å². The van der Waals surface area contributed by atoms with E-state index in [0.717, 1.165) is 22.9 Å². The second-order valence-electron chi connectivity index (χ2n) is 8.28. The number of aromatic nitrogens is 1. The molecule has 0 aliphatic carbocycles. The zero-order valence-electron chi connectivity index (χ0n) is 20.1. The number of aryl methyl sites for hydroxylation is 1. The van der Waals surface area contributed by atoms with Crippen LogP contribution in [-0.2, 0) is 17.1 Å². The molecule has 0 fully saturated rings. The average Bonchev–Trinajstić information content (AvgIpc) is 3.18. The molecule has 0 aliphatic heterocycles. The minimum atomic E-state index is -3.95. The van der Waals surface area contributed by atoms with Gasteiger partial charge >= 0.3 is 4.87 Å². The van der Waals surface area contributed by atoms with Crippen molar-refractivity contribution in [2.24, 2.45) is 7.05 Å². The fraction of sp³-hybridized carbons (Fsp3) is 0.0741. The molecule has 0 bridgehead atoms. The zero-order valence-corrected chi connectivity index (χ0v) is 21.7. The molecule has 5 aromatic rings. The SMILES string of the molecule is COc1ccc(S(=O)(=O)Nc2ccc(Oc3ccc(F)cc3F)c(-c3ccc4c(c3)sc(=O)n4C)c2)cc1. The number of sulfonamides is 1. The summed E-state index contributed by atoms with van der Waals surface area (Å²) in [6.07, 6.45) is 0. The number of methoxy groups -OCH3 is 1. The van der Waals surface area contributed by atoms with Crippen LogP contribution in [-0.4, -0.2) is 20.1 Å². The first kappa shape index (κ1) is 25.4. The van der Waals surface area contributed by atoms with Crippen molar-refractivity contribution >= 4 is 37.3 Å². The molecule has 0 radical (unpaired) electrons. The Morgan fingerprint density at radius 2 is 1.63 bits per heavy atom. The normalized spacial score (nSPS) is 11.5. The highest BCUT2D eigenvalue weighted by Crippen LogP contribution is 2.38. The number of fused-ring (bicyclic) bond motifs is 1. The molecule has 194 valence electrons. The molecule has 1 heterocycles. The number of nitrogens with zero attached hydrogens (tertiary/aromatic N) is 1. The molecule has 0 unspecified atom stereocenters. The zero-order chi connectivity index (χ0) is 27.0. The highest BCUT2D eigenvalue weighted by Gasteiger charge is 2.18. The van der Waals surface area contributed by atoms with E-state index in [0.29, 0.717) is 27.6 Å². The second kappa shape index (κ2) is 9.92. The maximum atomic E-state index is 14.4. The Morgan fingerprint density at radius 3 is 2.34 bits per heavy atom. The van der Waals surface area contributed by atoms with Gasteiger partial charge < -0.3 is 14.0 Å². The standard InChI is InChI=1S/C27H20F2N2O5S2/c1-31-23-10-3-16(13-26(23)37-27(31)32)21-15-18(30-38(33,34)20-8-6-19(35-2)7-9-20)5-12-24(21)36-25-11-4-17(28)14-22(25)29/h3-15,30H,1-2H3. The Balaban J connectivity index is 1.58. The Kier molecular flexibility index (Phi) is 6.64. The van der Waals surface area contributed by atoms with Gasteiger partial charge in [-0.1, -0.05) is 17.4 Å². The van der Waals surface area contributed by atoms with Gasteiger partial charge in [-0.05, 0) is 72.3 Å². The van der Waals surface area contributed by atoms with Crippen molar-refractivity contribution in [3.8, 4) is 28.4 Å². The van der Waals surface area contributed by atoms with Crippen LogP contribution in [0.15, 0.2) is 88.6 Å². The number of nitrogens with one attached hydrogen (secondary N) is 1. The summed E-state index contributed by atoms with van der Waals surface area (Å²) >= 11 is 1.06. The second-order valence-corrected chi connectivity index (χ2v) is 11.0. The molecule has 0 amide bonds. The molecule has 0 aliphatic rings. The number of benzene rings is 4. The van der Waals surface area contributed by atoms with Gasteiger partial charge in [-0.15, -0.1) is 0 Å². The Morgan fingerprint density at radius 1 is 0.895 bits per heavy atom. The number of rotatable bonds is 7. The van der Waals surface area contributed by atoms with Crippen LogP contribution in [0.25, 0.3) is 21.3 Å². The first-order valence-electron chi connectivity index (χ1n) is 11.2. The van der Waals surface area contributed by atoms with Gasteiger partial charge in [0.1, 0.15) is 17.3 Å². The van der Waals surface area contributed by atoms with Crippen molar-refractivity contribution in [2.45, 2.75) is 4.90 Å². The van der Waals surface area contributed by atoms with Crippen LogP contribution in [0.2, 0.25) is 0 Å². The highest BCUT2D eigenvalue weighted by molar-refractivity contribution is 7.92.